The molecule has 21 heavy (non-hydrogen) atoms. The number of anilines is 1. The van der Waals surface area contributed by atoms with Crippen molar-refractivity contribution in [3.63, 3.8) is 0 Å². The molecular formula is C13H15F3N2O2S. The van der Waals surface area contributed by atoms with E-state index in [4.69, 9.17) is 5.11 Å². The predicted octanol–water partition coefficient (Wildman–Crippen LogP) is 3.19. The molecule has 116 valence electrons. The van der Waals surface area contributed by atoms with Crippen molar-refractivity contribution in [2.24, 2.45) is 5.41 Å². The van der Waals surface area contributed by atoms with Gasteiger partial charge in [-0.1, -0.05) is 12.1 Å². The Labute approximate surface area is 124 Å². The third-order valence-corrected chi connectivity index (χ3v) is 4.08. The van der Waals surface area contributed by atoms with E-state index in [0.29, 0.717) is 6.54 Å². The van der Waals surface area contributed by atoms with Crippen LogP contribution in [-0.4, -0.2) is 29.8 Å². The molecule has 0 bridgehead atoms. The van der Waals surface area contributed by atoms with Crippen molar-refractivity contribution in [1.82, 2.24) is 5.32 Å². The SMILES string of the molecule is O=C(NCC1(CO)CC1)Nc1ccccc1SC(F)(F)F. The number of amides is 2. The first-order chi connectivity index (χ1) is 9.84. The van der Waals surface area contributed by atoms with Crippen LogP contribution in [0.15, 0.2) is 29.2 Å². The quantitative estimate of drug-likeness (QED) is 0.730. The van der Waals surface area contributed by atoms with E-state index in [-0.39, 0.29) is 34.4 Å². The Kier molecular flexibility index (Phi) is 4.67. The molecule has 1 aliphatic rings. The summed E-state index contributed by atoms with van der Waals surface area (Å²) < 4.78 is 37.3. The summed E-state index contributed by atoms with van der Waals surface area (Å²) in [6.07, 6.45) is 1.68. The maximum absolute atomic E-state index is 12.4. The van der Waals surface area contributed by atoms with Crippen LogP contribution in [0, 0.1) is 5.41 Å². The van der Waals surface area contributed by atoms with Gasteiger partial charge < -0.3 is 15.7 Å². The van der Waals surface area contributed by atoms with Crippen LogP contribution in [0.1, 0.15) is 12.8 Å². The Bertz CT molecular complexity index is 518. The van der Waals surface area contributed by atoms with Crippen LogP contribution in [0.5, 0.6) is 0 Å². The van der Waals surface area contributed by atoms with E-state index in [1.54, 1.807) is 6.07 Å². The minimum atomic E-state index is -4.41. The molecule has 0 aromatic heterocycles. The smallest absolute Gasteiger partial charge is 0.396 e. The Morgan fingerprint density at radius 1 is 1.33 bits per heavy atom. The van der Waals surface area contributed by atoms with E-state index in [0.717, 1.165) is 12.8 Å². The van der Waals surface area contributed by atoms with Crippen LogP contribution in [0.3, 0.4) is 0 Å². The van der Waals surface area contributed by atoms with Gasteiger partial charge in [-0.05, 0) is 36.7 Å². The fourth-order valence-electron chi connectivity index (χ4n) is 1.79. The third-order valence-electron chi connectivity index (χ3n) is 3.28. The number of alkyl halides is 3. The molecule has 4 nitrogen and oxygen atoms in total. The number of benzene rings is 1. The maximum Gasteiger partial charge on any atom is 0.446 e. The van der Waals surface area contributed by atoms with Crippen LogP contribution in [0.2, 0.25) is 0 Å². The summed E-state index contributed by atoms with van der Waals surface area (Å²) in [5, 5.41) is 14.1. The van der Waals surface area contributed by atoms with Gasteiger partial charge in [0.2, 0.25) is 0 Å². The second-order valence-corrected chi connectivity index (χ2v) is 6.12. The van der Waals surface area contributed by atoms with Crippen molar-refractivity contribution in [1.29, 1.82) is 0 Å². The number of aliphatic hydroxyl groups is 1. The lowest BCUT2D eigenvalue weighted by molar-refractivity contribution is -0.0328. The molecule has 2 amide bonds. The summed E-state index contributed by atoms with van der Waals surface area (Å²) in [6, 6.07) is 5.15. The Morgan fingerprint density at radius 3 is 2.57 bits per heavy atom. The molecule has 0 unspecified atom stereocenters. The number of halogens is 3. The number of nitrogens with one attached hydrogen (secondary N) is 2. The van der Waals surface area contributed by atoms with Crippen LogP contribution in [0.25, 0.3) is 0 Å². The number of hydrogen-bond donors (Lipinski definition) is 3. The van der Waals surface area contributed by atoms with Gasteiger partial charge in [0.05, 0.1) is 12.3 Å². The second-order valence-electron chi connectivity index (χ2n) is 5.01. The molecule has 1 fully saturated rings. The number of carbonyl (C=O) groups excluding carboxylic acids is 1. The summed E-state index contributed by atoms with van der Waals surface area (Å²) in [5.41, 5.74) is -4.56. The number of carbonyl (C=O) groups is 1. The largest absolute Gasteiger partial charge is 0.446 e. The molecule has 1 aromatic carbocycles. The molecule has 1 saturated carbocycles. The molecular weight excluding hydrogens is 305 g/mol. The van der Waals surface area contributed by atoms with Crippen molar-refractivity contribution in [3.8, 4) is 0 Å². The zero-order chi connectivity index (χ0) is 15.5. The zero-order valence-corrected chi connectivity index (χ0v) is 11.9. The van der Waals surface area contributed by atoms with Crippen molar-refractivity contribution in [2.45, 2.75) is 23.2 Å². The molecule has 1 aliphatic carbocycles. The normalized spacial score (nSPS) is 16.4. The highest BCUT2D eigenvalue weighted by Crippen LogP contribution is 2.44. The van der Waals surface area contributed by atoms with Gasteiger partial charge in [-0.25, -0.2) is 4.79 Å². The predicted molar refractivity (Wildman–Crippen MR) is 74.1 cm³/mol. The number of hydrogen-bond acceptors (Lipinski definition) is 3. The van der Waals surface area contributed by atoms with Crippen molar-refractivity contribution in [3.05, 3.63) is 24.3 Å². The van der Waals surface area contributed by atoms with Gasteiger partial charge >= 0.3 is 11.5 Å². The molecule has 0 radical (unpaired) electrons. The lowest BCUT2D eigenvalue weighted by Crippen LogP contribution is -2.35. The van der Waals surface area contributed by atoms with Crippen LogP contribution in [0.4, 0.5) is 23.7 Å². The van der Waals surface area contributed by atoms with Gasteiger partial charge in [0, 0.05) is 16.9 Å². The average Bonchev–Trinajstić information content (AvgIpc) is 3.18. The molecule has 0 saturated heterocycles. The first kappa shape index (κ1) is 16.0. The molecule has 3 N–H and O–H groups in total. The van der Waals surface area contributed by atoms with E-state index >= 15 is 0 Å². The van der Waals surface area contributed by atoms with Gasteiger partial charge in [-0.3, -0.25) is 0 Å². The number of para-hydroxylation sites is 1. The van der Waals surface area contributed by atoms with Gasteiger partial charge in [0.25, 0.3) is 0 Å². The standard InChI is InChI=1S/C13H15F3N2O2S/c14-13(15,16)21-10-4-2-1-3-9(10)18-11(20)17-7-12(8-19)5-6-12/h1-4,19H,5-8H2,(H2,17,18,20). The molecule has 8 heteroatoms. The van der Waals surface area contributed by atoms with Gasteiger partial charge in [-0.15, -0.1) is 0 Å². The highest BCUT2D eigenvalue weighted by Gasteiger charge is 2.42. The van der Waals surface area contributed by atoms with E-state index in [2.05, 4.69) is 10.6 Å². The first-order valence-electron chi connectivity index (χ1n) is 6.34. The molecule has 0 atom stereocenters. The summed E-state index contributed by atoms with van der Waals surface area (Å²) >= 11 is -0.273. The average molecular weight is 320 g/mol. The Balaban J connectivity index is 1.94. The summed E-state index contributed by atoms with van der Waals surface area (Å²) in [7, 11) is 0. The highest BCUT2D eigenvalue weighted by molar-refractivity contribution is 8.00. The van der Waals surface area contributed by atoms with E-state index in [1.165, 1.54) is 18.2 Å². The zero-order valence-electron chi connectivity index (χ0n) is 11.0. The second kappa shape index (κ2) is 6.15. The first-order valence-corrected chi connectivity index (χ1v) is 7.16. The van der Waals surface area contributed by atoms with E-state index in [9.17, 15) is 18.0 Å². The fourth-order valence-corrected chi connectivity index (χ4v) is 2.41. The van der Waals surface area contributed by atoms with Crippen molar-refractivity contribution < 1.29 is 23.1 Å². The highest BCUT2D eigenvalue weighted by atomic mass is 32.2. The van der Waals surface area contributed by atoms with Crippen LogP contribution < -0.4 is 10.6 Å². The maximum atomic E-state index is 12.4. The lowest BCUT2D eigenvalue weighted by Gasteiger charge is -2.15. The molecule has 2 rings (SSSR count). The van der Waals surface area contributed by atoms with Crippen molar-refractivity contribution >= 4 is 23.5 Å². The lowest BCUT2D eigenvalue weighted by atomic mass is 10.1. The van der Waals surface area contributed by atoms with Crippen LogP contribution >= 0.6 is 11.8 Å². The molecule has 0 aliphatic heterocycles. The molecule has 0 spiro atoms. The summed E-state index contributed by atoms with van der Waals surface area (Å²) in [6.45, 7) is 0.303. The van der Waals surface area contributed by atoms with E-state index in [1.807, 2.05) is 0 Å². The summed E-state index contributed by atoms with van der Waals surface area (Å²) in [5.74, 6) is 0. The third kappa shape index (κ3) is 4.82. The van der Waals surface area contributed by atoms with Crippen molar-refractivity contribution in [2.75, 3.05) is 18.5 Å². The van der Waals surface area contributed by atoms with Crippen LogP contribution in [-0.2, 0) is 0 Å². The van der Waals surface area contributed by atoms with Gasteiger partial charge in [0.15, 0.2) is 0 Å². The minimum absolute atomic E-state index is 0.00616. The fraction of sp³-hybridized carbons (Fsp3) is 0.462. The number of rotatable bonds is 5. The molecule has 1 aromatic rings. The topological polar surface area (TPSA) is 61.4 Å². The number of thioether (sulfide) groups is 1. The number of aliphatic hydroxyl groups excluding tert-OH is 1. The van der Waals surface area contributed by atoms with Gasteiger partial charge in [0.1, 0.15) is 0 Å². The molecule has 0 heterocycles. The Hall–Kier alpha value is -1.41. The number of urea groups is 1. The monoisotopic (exact) mass is 320 g/mol. The summed E-state index contributed by atoms with van der Waals surface area (Å²) in [4.78, 5) is 11.7. The Morgan fingerprint density at radius 2 is 2.00 bits per heavy atom. The van der Waals surface area contributed by atoms with Gasteiger partial charge in [-0.2, -0.15) is 13.2 Å². The van der Waals surface area contributed by atoms with E-state index < -0.39 is 11.5 Å². The minimum Gasteiger partial charge on any atom is -0.396 e.